The summed E-state index contributed by atoms with van der Waals surface area (Å²) < 4.78 is 2.86. The fraction of sp³-hybridized carbons (Fsp3) is 0.333. The fourth-order valence-electron chi connectivity index (χ4n) is 1.74. The quantitative estimate of drug-likeness (QED) is 0.925. The second-order valence-corrected chi connectivity index (χ2v) is 4.83. The summed E-state index contributed by atoms with van der Waals surface area (Å²) in [5, 5.41) is 4.48. The van der Waals surface area contributed by atoms with Crippen LogP contribution in [0.25, 0.3) is 5.82 Å². The molecular weight excluding hydrogens is 280 g/mol. The molecule has 0 radical (unpaired) electrons. The average Bonchev–Trinajstić information content (AvgIpc) is 2.57. The minimum absolute atomic E-state index is 0.457. The smallest absolute Gasteiger partial charge is 0.158 e. The van der Waals surface area contributed by atoms with Gasteiger partial charge in [0.25, 0.3) is 0 Å². The van der Waals surface area contributed by atoms with E-state index in [9.17, 15) is 0 Å². The molecule has 90 valence electrons. The molecule has 0 saturated heterocycles. The first-order valence-electron chi connectivity index (χ1n) is 5.43. The summed E-state index contributed by atoms with van der Waals surface area (Å²) in [5.74, 6) is 0.818. The molecule has 2 rings (SSSR count). The van der Waals surface area contributed by atoms with Crippen molar-refractivity contribution in [2.75, 3.05) is 0 Å². The highest BCUT2D eigenvalue weighted by atomic mass is 79.9. The molecule has 0 aromatic carbocycles. The Morgan fingerprint density at radius 1 is 1.29 bits per heavy atom. The van der Waals surface area contributed by atoms with E-state index in [1.165, 1.54) is 0 Å². The fourth-order valence-corrected chi connectivity index (χ4v) is 1.99. The van der Waals surface area contributed by atoms with Gasteiger partial charge < -0.3 is 5.73 Å². The molecule has 2 aromatic rings. The number of rotatable bonds is 2. The van der Waals surface area contributed by atoms with Crippen molar-refractivity contribution >= 4 is 15.9 Å². The van der Waals surface area contributed by atoms with Crippen LogP contribution in [0.1, 0.15) is 22.6 Å². The number of pyridine rings is 1. The summed E-state index contributed by atoms with van der Waals surface area (Å²) in [6.45, 7) is 6.39. The summed E-state index contributed by atoms with van der Waals surface area (Å²) in [6.07, 6.45) is 0. The molecule has 2 aromatic heterocycles. The van der Waals surface area contributed by atoms with Crippen LogP contribution in [0.2, 0.25) is 0 Å². The third-order valence-electron chi connectivity index (χ3n) is 2.72. The summed E-state index contributed by atoms with van der Waals surface area (Å²) in [7, 11) is 0. The SMILES string of the molecule is Cc1ccc(CN)c(-n2nc(C)c(Br)c2C)n1. The van der Waals surface area contributed by atoms with Gasteiger partial charge in [0, 0.05) is 17.8 Å². The average molecular weight is 295 g/mol. The van der Waals surface area contributed by atoms with Crippen LogP contribution in [0.3, 0.4) is 0 Å². The zero-order valence-corrected chi connectivity index (χ0v) is 11.7. The minimum atomic E-state index is 0.457. The molecule has 0 atom stereocenters. The van der Waals surface area contributed by atoms with Crippen LogP contribution in [-0.4, -0.2) is 14.8 Å². The van der Waals surface area contributed by atoms with Gasteiger partial charge in [-0.15, -0.1) is 0 Å². The molecule has 0 spiro atoms. The van der Waals surface area contributed by atoms with Gasteiger partial charge in [-0.05, 0) is 42.8 Å². The van der Waals surface area contributed by atoms with Crippen molar-refractivity contribution in [3.05, 3.63) is 39.3 Å². The molecule has 0 aliphatic carbocycles. The Hall–Kier alpha value is -1.20. The predicted molar refractivity (Wildman–Crippen MR) is 71.2 cm³/mol. The van der Waals surface area contributed by atoms with Crippen LogP contribution in [-0.2, 0) is 6.54 Å². The van der Waals surface area contributed by atoms with Crippen LogP contribution in [0.4, 0.5) is 0 Å². The molecule has 0 fully saturated rings. The second-order valence-electron chi connectivity index (χ2n) is 4.04. The first-order valence-corrected chi connectivity index (χ1v) is 6.22. The molecule has 0 unspecified atom stereocenters. The van der Waals surface area contributed by atoms with Gasteiger partial charge in [0.2, 0.25) is 0 Å². The van der Waals surface area contributed by atoms with E-state index in [4.69, 9.17) is 5.73 Å². The molecule has 0 aliphatic rings. The Kier molecular flexibility index (Phi) is 3.31. The molecule has 2 N–H and O–H groups in total. The third kappa shape index (κ3) is 2.12. The van der Waals surface area contributed by atoms with Crippen LogP contribution >= 0.6 is 15.9 Å². The summed E-state index contributed by atoms with van der Waals surface area (Å²) in [6, 6.07) is 3.97. The van der Waals surface area contributed by atoms with E-state index in [0.29, 0.717) is 6.54 Å². The second kappa shape index (κ2) is 4.58. The molecule has 17 heavy (non-hydrogen) atoms. The molecule has 5 heteroatoms. The summed E-state index contributed by atoms with van der Waals surface area (Å²) in [4.78, 5) is 4.53. The van der Waals surface area contributed by atoms with Gasteiger partial charge in [0.15, 0.2) is 5.82 Å². The molecule has 0 amide bonds. The molecule has 0 aliphatic heterocycles. The van der Waals surface area contributed by atoms with Crippen LogP contribution < -0.4 is 5.73 Å². The van der Waals surface area contributed by atoms with Gasteiger partial charge >= 0.3 is 0 Å². The normalized spacial score (nSPS) is 10.9. The molecule has 4 nitrogen and oxygen atoms in total. The van der Waals surface area contributed by atoms with Gasteiger partial charge in [-0.25, -0.2) is 9.67 Å². The van der Waals surface area contributed by atoms with Gasteiger partial charge in [0.05, 0.1) is 15.9 Å². The first kappa shape index (κ1) is 12.3. The maximum atomic E-state index is 5.74. The van der Waals surface area contributed by atoms with Crippen molar-refractivity contribution in [2.45, 2.75) is 27.3 Å². The van der Waals surface area contributed by atoms with Crippen LogP contribution in [0.5, 0.6) is 0 Å². The van der Waals surface area contributed by atoms with E-state index in [2.05, 4.69) is 26.0 Å². The van der Waals surface area contributed by atoms with Gasteiger partial charge in [-0.2, -0.15) is 5.10 Å². The van der Waals surface area contributed by atoms with Crippen LogP contribution in [0, 0.1) is 20.8 Å². The van der Waals surface area contributed by atoms with Gasteiger partial charge in [0.1, 0.15) is 0 Å². The highest BCUT2D eigenvalue weighted by molar-refractivity contribution is 9.10. The highest BCUT2D eigenvalue weighted by Crippen LogP contribution is 2.23. The maximum Gasteiger partial charge on any atom is 0.158 e. The van der Waals surface area contributed by atoms with Crippen molar-refractivity contribution in [3.8, 4) is 5.82 Å². The first-order chi connectivity index (χ1) is 8.04. The number of hydrogen-bond acceptors (Lipinski definition) is 3. The van der Waals surface area contributed by atoms with Crippen molar-refractivity contribution in [3.63, 3.8) is 0 Å². The Labute approximate surface area is 109 Å². The van der Waals surface area contributed by atoms with E-state index in [-0.39, 0.29) is 0 Å². The van der Waals surface area contributed by atoms with E-state index in [0.717, 1.165) is 32.9 Å². The zero-order valence-electron chi connectivity index (χ0n) is 10.2. The van der Waals surface area contributed by atoms with Gasteiger partial charge in [-0.3, -0.25) is 0 Å². The number of aryl methyl sites for hydroxylation is 2. The lowest BCUT2D eigenvalue weighted by Crippen LogP contribution is -2.10. The molecule has 0 bridgehead atoms. The Balaban J connectivity index is 2.67. The largest absolute Gasteiger partial charge is 0.326 e. The van der Waals surface area contributed by atoms with Gasteiger partial charge in [-0.1, -0.05) is 6.07 Å². The standard InChI is InChI=1S/C12H15BrN4/c1-7-4-5-10(6-14)12(15-7)17-9(3)11(13)8(2)16-17/h4-5H,6,14H2,1-3H3. The van der Waals surface area contributed by atoms with Crippen molar-refractivity contribution < 1.29 is 0 Å². The number of halogens is 1. The number of aromatic nitrogens is 3. The zero-order chi connectivity index (χ0) is 12.6. The maximum absolute atomic E-state index is 5.74. The number of nitrogens with zero attached hydrogens (tertiary/aromatic N) is 3. The Bertz CT molecular complexity index is 560. The Morgan fingerprint density at radius 2 is 2.00 bits per heavy atom. The van der Waals surface area contributed by atoms with E-state index >= 15 is 0 Å². The molecule has 0 saturated carbocycles. The van der Waals surface area contributed by atoms with E-state index in [1.54, 1.807) is 0 Å². The van der Waals surface area contributed by atoms with Crippen molar-refractivity contribution in [1.82, 2.24) is 14.8 Å². The minimum Gasteiger partial charge on any atom is -0.326 e. The monoisotopic (exact) mass is 294 g/mol. The van der Waals surface area contributed by atoms with Crippen molar-refractivity contribution in [2.24, 2.45) is 5.73 Å². The highest BCUT2D eigenvalue weighted by Gasteiger charge is 2.14. The summed E-state index contributed by atoms with van der Waals surface area (Å²) in [5.41, 5.74) is 9.68. The lowest BCUT2D eigenvalue weighted by Gasteiger charge is -2.09. The predicted octanol–water partition coefficient (Wildman–Crippen LogP) is 2.41. The number of hydrogen-bond donors (Lipinski definition) is 1. The topological polar surface area (TPSA) is 56.7 Å². The summed E-state index contributed by atoms with van der Waals surface area (Å²) >= 11 is 3.52. The lowest BCUT2D eigenvalue weighted by atomic mass is 10.2. The van der Waals surface area contributed by atoms with Crippen LogP contribution in [0.15, 0.2) is 16.6 Å². The molecular formula is C12H15BrN4. The van der Waals surface area contributed by atoms with E-state index < -0.39 is 0 Å². The third-order valence-corrected chi connectivity index (χ3v) is 3.87. The molecule has 2 heterocycles. The lowest BCUT2D eigenvalue weighted by molar-refractivity contribution is 0.784. The number of nitrogens with two attached hydrogens (primary N) is 1. The Morgan fingerprint density at radius 3 is 2.53 bits per heavy atom. The van der Waals surface area contributed by atoms with E-state index in [1.807, 2.05) is 37.6 Å². The van der Waals surface area contributed by atoms with Crippen molar-refractivity contribution in [1.29, 1.82) is 0 Å².